The predicted octanol–water partition coefficient (Wildman–Crippen LogP) is 4.73. The Balaban J connectivity index is 1.13. The number of hydrogen-bond donors (Lipinski definition) is 2. The molecule has 0 spiro atoms. The van der Waals surface area contributed by atoms with Gasteiger partial charge in [-0.15, -0.1) is 0 Å². The van der Waals surface area contributed by atoms with Crippen molar-refractivity contribution in [3.63, 3.8) is 0 Å². The van der Waals surface area contributed by atoms with Crippen LogP contribution in [-0.2, 0) is 27.1 Å². The number of benzene rings is 1. The third kappa shape index (κ3) is 7.95. The second-order valence-electron chi connectivity index (χ2n) is 12.3. The maximum absolute atomic E-state index is 11.8. The molecule has 2 atom stereocenters. The Morgan fingerprint density at radius 3 is 3.00 bits per heavy atom. The van der Waals surface area contributed by atoms with Gasteiger partial charge >= 0.3 is 5.97 Å². The summed E-state index contributed by atoms with van der Waals surface area (Å²) in [5.74, 6) is 0.110. The highest BCUT2D eigenvalue weighted by molar-refractivity contribution is 5.68. The highest BCUT2D eigenvalue weighted by atomic mass is 16.5. The number of fused-ring (bicyclic) bond motifs is 1. The van der Waals surface area contributed by atoms with Crippen LogP contribution < -0.4 is 10.2 Å². The minimum atomic E-state index is -0.789. The molecule has 0 unspecified atom stereocenters. The molecule has 3 aliphatic heterocycles. The Morgan fingerprint density at radius 1 is 1.25 bits per heavy atom. The summed E-state index contributed by atoms with van der Waals surface area (Å²) in [5.41, 5.74) is 4.46. The second-order valence-corrected chi connectivity index (χ2v) is 12.3. The smallest absolute Gasteiger partial charge is 0.304 e. The summed E-state index contributed by atoms with van der Waals surface area (Å²) >= 11 is 0. The van der Waals surface area contributed by atoms with E-state index in [1.165, 1.54) is 12.0 Å². The summed E-state index contributed by atoms with van der Waals surface area (Å²) in [4.78, 5) is 21.4. The predicted molar refractivity (Wildman–Crippen MR) is 158 cm³/mol. The SMILES string of the molecule is CC1(C)CN(c2cccc([C@H](CO[C@@H]3CCCN(CCCc4ccc5c(n4)NCCC5)C3)CC(=O)O)c2)CCO1. The number of pyridine rings is 1. The number of anilines is 2. The molecule has 2 fully saturated rings. The van der Waals surface area contributed by atoms with Crippen molar-refractivity contribution < 1.29 is 19.4 Å². The van der Waals surface area contributed by atoms with E-state index in [0.29, 0.717) is 13.2 Å². The van der Waals surface area contributed by atoms with Crippen molar-refractivity contribution in [3.05, 3.63) is 53.2 Å². The molecule has 1 aromatic carbocycles. The molecule has 40 heavy (non-hydrogen) atoms. The van der Waals surface area contributed by atoms with Crippen LogP contribution in [0.2, 0.25) is 0 Å². The Morgan fingerprint density at radius 2 is 2.15 bits per heavy atom. The van der Waals surface area contributed by atoms with Crippen LogP contribution in [0, 0.1) is 0 Å². The van der Waals surface area contributed by atoms with Gasteiger partial charge in [-0.05, 0) is 94.8 Å². The van der Waals surface area contributed by atoms with Gasteiger partial charge in [-0.25, -0.2) is 4.98 Å². The highest BCUT2D eigenvalue weighted by Crippen LogP contribution is 2.29. The average molecular weight is 551 g/mol. The third-order valence-corrected chi connectivity index (χ3v) is 8.41. The van der Waals surface area contributed by atoms with Crippen LogP contribution in [0.5, 0.6) is 0 Å². The zero-order chi connectivity index (χ0) is 28.0. The maximum Gasteiger partial charge on any atom is 0.304 e. The standard InChI is InChI=1S/C32H46N4O4/c1-32(2)23-36(17-18-40-32)28-10-3-7-25(19-28)26(20-30(37)38)22-39-29-11-6-16-35(21-29)15-5-9-27-13-12-24-8-4-14-33-31(24)34-27/h3,7,10,12-13,19,26,29H,4-6,8-9,11,14-18,20-23H2,1-2H3,(H,33,34)(H,37,38)/t26-,29+/m0/s1. The molecule has 0 saturated carbocycles. The van der Waals surface area contributed by atoms with Gasteiger partial charge in [0.2, 0.25) is 0 Å². The van der Waals surface area contributed by atoms with E-state index in [1.54, 1.807) is 0 Å². The van der Waals surface area contributed by atoms with Crippen molar-refractivity contribution in [1.82, 2.24) is 9.88 Å². The number of carboxylic acid groups (broad SMARTS) is 1. The van der Waals surface area contributed by atoms with Crippen LogP contribution in [0.3, 0.4) is 0 Å². The largest absolute Gasteiger partial charge is 0.481 e. The van der Waals surface area contributed by atoms with E-state index in [9.17, 15) is 9.90 Å². The Hall–Kier alpha value is -2.68. The van der Waals surface area contributed by atoms with Crippen LogP contribution >= 0.6 is 0 Å². The normalized spacial score (nSPS) is 21.9. The van der Waals surface area contributed by atoms with E-state index < -0.39 is 5.97 Å². The number of nitrogens with zero attached hydrogens (tertiary/aromatic N) is 3. The topological polar surface area (TPSA) is 87.2 Å². The van der Waals surface area contributed by atoms with Crippen LogP contribution in [-0.4, -0.2) is 85.1 Å². The first-order chi connectivity index (χ1) is 19.3. The van der Waals surface area contributed by atoms with Gasteiger partial charge in [-0.1, -0.05) is 18.2 Å². The van der Waals surface area contributed by atoms with Crippen molar-refractivity contribution in [2.24, 2.45) is 0 Å². The Bertz CT molecular complexity index is 1140. The molecule has 1 aromatic heterocycles. The summed E-state index contributed by atoms with van der Waals surface area (Å²) in [5, 5.41) is 13.1. The van der Waals surface area contributed by atoms with Crippen LogP contribution in [0.1, 0.15) is 68.7 Å². The lowest BCUT2D eigenvalue weighted by Crippen LogP contribution is -2.48. The van der Waals surface area contributed by atoms with Gasteiger partial charge < -0.3 is 29.7 Å². The number of ether oxygens (including phenoxy) is 2. The number of morpholine rings is 1. The molecule has 218 valence electrons. The van der Waals surface area contributed by atoms with Crippen molar-refractivity contribution in [2.45, 2.75) is 76.4 Å². The molecule has 8 heteroatoms. The number of aromatic nitrogens is 1. The third-order valence-electron chi connectivity index (χ3n) is 8.41. The van der Waals surface area contributed by atoms with E-state index in [2.05, 4.69) is 53.2 Å². The monoisotopic (exact) mass is 550 g/mol. The molecule has 3 aliphatic rings. The molecule has 0 bridgehead atoms. The number of piperidine rings is 1. The van der Waals surface area contributed by atoms with Gasteiger partial charge in [-0.3, -0.25) is 4.79 Å². The molecule has 4 heterocycles. The molecule has 8 nitrogen and oxygen atoms in total. The van der Waals surface area contributed by atoms with E-state index in [0.717, 1.165) is 94.1 Å². The number of hydrogen-bond acceptors (Lipinski definition) is 7. The first-order valence-electron chi connectivity index (χ1n) is 15.1. The minimum Gasteiger partial charge on any atom is -0.481 e. The molecule has 0 aliphatic carbocycles. The minimum absolute atomic E-state index is 0.0666. The molecule has 2 saturated heterocycles. The van der Waals surface area contributed by atoms with E-state index in [4.69, 9.17) is 14.5 Å². The van der Waals surface area contributed by atoms with E-state index in [-0.39, 0.29) is 24.0 Å². The number of nitrogens with one attached hydrogen (secondary N) is 1. The number of rotatable bonds is 11. The lowest BCUT2D eigenvalue weighted by Gasteiger charge is -2.39. The van der Waals surface area contributed by atoms with E-state index in [1.807, 2.05) is 12.1 Å². The Labute approximate surface area is 239 Å². The number of carbonyl (C=O) groups is 1. The lowest BCUT2D eigenvalue weighted by atomic mass is 9.95. The number of aliphatic carboxylic acids is 1. The number of aryl methyl sites for hydroxylation is 2. The Kier molecular flexibility index (Phi) is 9.60. The van der Waals surface area contributed by atoms with Crippen LogP contribution in [0.4, 0.5) is 11.5 Å². The molecule has 5 rings (SSSR count). The molecule has 0 radical (unpaired) electrons. The lowest BCUT2D eigenvalue weighted by molar-refractivity contribution is -0.138. The second kappa shape index (κ2) is 13.3. The zero-order valence-corrected chi connectivity index (χ0v) is 24.2. The molecule has 2 N–H and O–H groups in total. The van der Waals surface area contributed by atoms with Gasteiger partial charge in [0.25, 0.3) is 0 Å². The fraction of sp³-hybridized carbons (Fsp3) is 0.625. The van der Waals surface area contributed by atoms with E-state index >= 15 is 0 Å². The quantitative estimate of drug-likeness (QED) is 0.415. The van der Waals surface area contributed by atoms with Gasteiger partial charge in [0, 0.05) is 43.5 Å². The molecular formula is C32H46N4O4. The zero-order valence-electron chi connectivity index (χ0n) is 24.2. The summed E-state index contributed by atoms with van der Waals surface area (Å²) in [6, 6.07) is 12.8. The van der Waals surface area contributed by atoms with Crippen LogP contribution in [0.25, 0.3) is 0 Å². The summed E-state index contributed by atoms with van der Waals surface area (Å²) in [6.07, 6.45) is 6.70. The molecular weight excluding hydrogens is 504 g/mol. The van der Waals surface area contributed by atoms with Crippen molar-refractivity contribution in [3.8, 4) is 0 Å². The fourth-order valence-corrected chi connectivity index (χ4v) is 6.29. The van der Waals surface area contributed by atoms with Gasteiger partial charge in [0.1, 0.15) is 5.82 Å². The summed E-state index contributed by atoms with van der Waals surface area (Å²) in [7, 11) is 0. The first kappa shape index (κ1) is 28.8. The average Bonchev–Trinajstić information content (AvgIpc) is 2.95. The van der Waals surface area contributed by atoms with Crippen molar-refractivity contribution >= 4 is 17.5 Å². The fourth-order valence-electron chi connectivity index (χ4n) is 6.29. The first-order valence-corrected chi connectivity index (χ1v) is 15.1. The number of likely N-dealkylation sites (tertiary alicyclic amines) is 1. The van der Waals surface area contributed by atoms with Gasteiger partial charge in [0.05, 0.1) is 31.3 Å². The summed E-state index contributed by atoms with van der Waals surface area (Å²) < 4.78 is 12.3. The summed E-state index contributed by atoms with van der Waals surface area (Å²) in [6.45, 7) is 11.0. The maximum atomic E-state index is 11.8. The van der Waals surface area contributed by atoms with Gasteiger partial charge in [-0.2, -0.15) is 0 Å². The van der Waals surface area contributed by atoms with Gasteiger partial charge in [0.15, 0.2) is 0 Å². The molecule has 0 amide bonds. The van der Waals surface area contributed by atoms with Crippen LogP contribution in [0.15, 0.2) is 36.4 Å². The number of carboxylic acids is 1. The molecule has 2 aromatic rings. The highest BCUT2D eigenvalue weighted by Gasteiger charge is 2.28. The van der Waals surface area contributed by atoms with Crippen molar-refractivity contribution in [2.75, 3.05) is 62.7 Å². The van der Waals surface area contributed by atoms with Crippen molar-refractivity contribution in [1.29, 1.82) is 0 Å².